The van der Waals surface area contributed by atoms with Gasteiger partial charge in [0.25, 0.3) is 0 Å². The van der Waals surface area contributed by atoms with Crippen molar-refractivity contribution in [3.63, 3.8) is 0 Å². The van der Waals surface area contributed by atoms with Crippen LogP contribution < -0.4 is 5.73 Å². The third-order valence-electron chi connectivity index (χ3n) is 2.35. The normalized spacial score (nSPS) is 12.8. The number of benzene rings is 1. The molecule has 2 radical (unpaired) electrons. The molecule has 1 nitrogen and oxygen atoms in total. The van der Waals surface area contributed by atoms with Crippen molar-refractivity contribution in [2.75, 3.05) is 0 Å². The zero-order valence-corrected chi connectivity index (χ0v) is 9.76. The van der Waals surface area contributed by atoms with Crippen molar-refractivity contribution >= 4 is 9.52 Å². The van der Waals surface area contributed by atoms with Crippen LogP contribution in [0.1, 0.15) is 18.4 Å². The Morgan fingerprint density at radius 1 is 1.40 bits per heavy atom. The maximum absolute atomic E-state index is 13.2. The second-order valence-corrected chi connectivity index (χ2v) is 4.84. The molecule has 1 rings (SSSR count). The van der Waals surface area contributed by atoms with Gasteiger partial charge in [0.1, 0.15) is 11.6 Å². The van der Waals surface area contributed by atoms with E-state index < -0.39 is 11.6 Å². The first-order chi connectivity index (χ1) is 7.13. The molecule has 0 aromatic heterocycles. The lowest BCUT2D eigenvalue weighted by Crippen LogP contribution is -2.25. The minimum absolute atomic E-state index is 0.216. The third kappa shape index (κ3) is 4.09. The Kier molecular flexibility index (Phi) is 4.91. The van der Waals surface area contributed by atoms with Crippen LogP contribution >= 0.6 is 0 Å². The van der Waals surface area contributed by atoms with Crippen molar-refractivity contribution in [2.45, 2.75) is 31.5 Å². The lowest BCUT2D eigenvalue weighted by atomic mass is 10.1. The molecule has 0 aliphatic carbocycles. The van der Waals surface area contributed by atoms with Gasteiger partial charge in [-0.25, -0.2) is 8.78 Å². The fourth-order valence-electron chi connectivity index (χ4n) is 1.38. The number of hydrogen-bond donors (Lipinski definition) is 1. The summed E-state index contributed by atoms with van der Waals surface area (Å²) in [6, 6.07) is 3.72. The van der Waals surface area contributed by atoms with Gasteiger partial charge < -0.3 is 5.73 Å². The van der Waals surface area contributed by atoms with Crippen LogP contribution in [0.25, 0.3) is 0 Å². The van der Waals surface area contributed by atoms with Gasteiger partial charge in [0.15, 0.2) is 0 Å². The molecular formula is C11H15F2NSi. The molecule has 0 bridgehead atoms. The van der Waals surface area contributed by atoms with Crippen molar-refractivity contribution in [2.24, 2.45) is 5.73 Å². The molecule has 15 heavy (non-hydrogen) atoms. The Labute approximate surface area is 91.5 Å². The standard InChI is InChI=1S/C11H15F2NSi/c1-15-11(14)4-2-3-8-5-6-9(12)7-10(8)13/h5-7,11H,2-4,14H2,1H3. The van der Waals surface area contributed by atoms with E-state index in [1.165, 1.54) is 12.1 Å². The van der Waals surface area contributed by atoms with Crippen molar-refractivity contribution in [1.82, 2.24) is 0 Å². The van der Waals surface area contributed by atoms with Crippen LogP contribution in [0.5, 0.6) is 0 Å². The first kappa shape index (κ1) is 12.3. The van der Waals surface area contributed by atoms with E-state index in [0.717, 1.165) is 28.4 Å². The Morgan fingerprint density at radius 3 is 2.73 bits per heavy atom. The molecule has 0 spiro atoms. The molecular weight excluding hydrogens is 212 g/mol. The zero-order chi connectivity index (χ0) is 11.3. The van der Waals surface area contributed by atoms with Crippen LogP contribution in [0.2, 0.25) is 6.55 Å². The molecule has 82 valence electrons. The lowest BCUT2D eigenvalue weighted by Gasteiger charge is -2.07. The lowest BCUT2D eigenvalue weighted by molar-refractivity contribution is 0.566. The third-order valence-corrected chi connectivity index (χ3v) is 3.38. The highest BCUT2D eigenvalue weighted by atomic mass is 28.2. The van der Waals surface area contributed by atoms with E-state index in [0.29, 0.717) is 12.0 Å². The van der Waals surface area contributed by atoms with Crippen LogP contribution in [-0.2, 0) is 6.42 Å². The Balaban J connectivity index is 2.44. The van der Waals surface area contributed by atoms with E-state index in [1.807, 2.05) is 0 Å². The predicted molar refractivity (Wildman–Crippen MR) is 58.9 cm³/mol. The molecule has 0 saturated carbocycles. The first-order valence-electron chi connectivity index (χ1n) is 5.00. The maximum Gasteiger partial charge on any atom is 0.129 e. The SMILES string of the molecule is C[Si]C(N)CCCc1ccc(F)cc1F. The topological polar surface area (TPSA) is 26.0 Å². The van der Waals surface area contributed by atoms with Crippen molar-refractivity contribution in [1.29, 1.82) is 0 Å². The Hall–Kier alpha value is -0.743. The van der Waals surface area contributed by atoms with Gasteiger partial charge >= 0.3 is 0 Å². The van der Waals surface area contributed by atoms with Gasteiger partial charge in [0.05, 0.1) is 9.52 Å². The van der Waals surface area contributed by atoms with E-state index in [-0.39, 0.29) is 5.67 Å². The van der Waals surface area contributed by atoms with Gasteiger partial charge in [-0.3, -0.25) is 0 Å². The number of hydrogen-bond acceptors (Lipinski definition) is 1. The summed E-state index contributed by atoms with van der Waals surface area (Å²) in [6.07, 6.45) is 2.38. The molecule has 0 aliphatic heterocycles. The van der Waals surface area contributed by atoms with Gasteiger partial charge in [0.2, 0.25) is 0 Å². The average molecular weight is 227 g/mol. The molecule has 4 heteroatoms. The fourth-order valence-corrected chi connectivity index (χ4v) is 1.87. The summed E-state index contributed by atoms with van der Waals surface area (Å²) < 4.78 is 25.8. The summed E-state index contributed by atoms with van der Waals surface area (Å²) in [7, 11) is 0.718. The molecule has 0 heterocycles. The summed E-state index contributed by atoms with van der Waals surface area (Å²) in [5, 5.41) is 0. The Bertz CT molecular complexity index is 317. The minimum Gasteiger partial charge on any atom is -0.331 e. The van der Waals surface area contributed by atoms with Crippen LogP contribution in [0.3, 0.4) is 0 Å². The summed E-state index contributed by atoms with van der Waals surface area (Å²) in [6.45, 7) is 2.06. The number of rotatable bonds is 5. The molecule has 0 amide bonds. The smallest absolute Gasteiger partial charge is 0.129 e. The quantitative estimate of drug-likeness (QED) is 0.768. The van der Waals surface area contributed by atoms with Gasteiger partial charge in [-0.05, 0) is 36.6 Å². The molecule has 1 unspecified atom stereocenters. The summed E-state index contributed by atoms with van der Waals surface area (Å²) in [5.41, 5.74) is 6.55. The van der Waals surface area contributed by atoms with E-state index in [1.54, 1.807) is 0 Å². The summed E-state index contributed by atoms with van der Waals surface area (Å²) in [5.74, 6) is -0.981. The maximum atomic E-state index is 13.2. The highest BCUT2D eigenvalue weighted by Crippen LogP contribution is 2.12. The molecule has 0 saturated heterocycles. The monoisotopic (exact) mass is 227 g/mol. The summed E-state index contributed by atoms with van der Waals surface area (Å²) >= 11 is 0. The van der Waals surface area contributed by atoms with Gasteiger partial charge in [0, 0.05) is 6.07 Å². The van der Waals surface area contributed by atoms with Crippen LogP contribution in [0.4, 0.5) is 8.78 Å². The largest absolute Gasteiger partial charge is 0.331 e. The van der Waals surface area contributed by atoms with Crippen LogP contribution in [0, 0.1) is 11.6 Å². The predicted octanol–water partition coefficient (Wildman–Crippen LogP) is 2.32. The first-order valence-corrected chi connectivity index (χ1v) is 6.58. The van der Waals surface area contributed by atoms with Crippen molar-refractivity contribution in [3.8, 4) is 0 Å². The molecule has 1 aromatic carbocycles. The Morgan fingerprint density at radius 2 is 2.13 bits per heavy atom. The van der Waals surface area contributed by atoms with E-state index in [4.69, 9.17) is 5.73 Å². The number of halogens is 2. The second kappa shape index (κ2) is 5.98. The molecule has 0 aliphatic rings. The van der Waals surface area contributed by atoms with Crippen molar-refractivity contribution in [3.05, 3.63) is 35.4 Å². The highest BCUT2D eigenvalue weighted by Gasteiger charge is 2.05. The zero-order valence-electron chi connectivity index (χ0n) is 8.76. The van der Waals surface area contributed by atoms with E-state index in [2.05, 4.69) is 6.55 Å². The van der Waals surface area contributed by atoms with Gasteiger partial charge in [-0.2, -0.15) is 0 Å². The minimum atomic E-state index is -0.525. The van der Waals surface area contributed by atoms with Gasteiger partial charge in [-0.1, -0.05) is 12.6 Å². The molecule has 2 N–H and O–H groups in total. The van der Waals surface area contributed by atoms with Crippen LogP contribution in [0.15, 0.2) is 18.2 Å². The number of nitrogens with two attached hydrogens (primary N) is 1. The molecule has 1 atom stereocenters. The fraction of sp³-hybridized carbons (Fsp3) is 0.455. The van der Waals surface area contributed by atoms with E-state index in [9.17, 15) is 8.78 Å². The van der Waals surface area contributed by atoms with Crippen molar-refractivity contribution < 1.29 is 8.78 Å². The van der Waals surface area contributed by atoms with Crippen LogP contribution in [-0.4, -0.2) is 15.2 Å². The van der Waals surface area contributed by atoms with Gasteiger partial charge in [-0.15, -0.1) is 0 Å². The van der Waals surface area contributed by atoms with E-state index >= 15 is 0 Å². The molecule has 1 aromatic rings. The summed E-state index contributed by atoms with van der Waals surface area (Å²) in [4.78, 5) is 0. The second-order valence-electron chi connectivity index (χ2n) is 3.52. The number of aryl methyl sites for hydroxylation is 1. The average Bonchev–Trinajstić information content (AvgIpc) is 2.21. The highest BCUT2D eigenvalue weighted by molar-refractivity contribution is 6.35. The molecule has 0 fully saturated rings.